The summed E-state index contributed by atoms with van der Waals surface area (Å²) in [5.41, 5.74) is 0. The molecule has 1 saturated carbocycles. The van der Waals surface area contributed by atoms with Gasteiger partial charge in [0, 0.05) is 32.6 Å². The number of hydrogen-bond acceptors (Lipinski definition) is 5. The van der Waals surface area contributed by atoms with Gasteiger partial charge >= 0.3 is 0 Å². The van der Waals surface area contributed by atoms with Crippen LogP contribution in [0.3, 0.4) is 0 Å². The summed E-state index contributed by atoms with van der Waals surface area (Å²) < 4.78 is 4.05. The van der Waals surface area contributed by atoms with E-state index in [2.05, 4.69) is 42.5 Å². The minimum Gasteiger partial charge on any atom is -0.355 e. The second-order valence-corrected chi connectivity index (χ2v) is 6.73. The first-order chi connectivity index (χ1) is 12.7. The summed E-state index contributed by atoms with van der Waals surface area (Å²) >= 11 is 0. The van der Waals surface area contributed by atoms with Gasteiger partial charge in [0.25, 0.3) is 0 Å². The van der Waals surface area contributed by atoms with E-state index in [4.69, 9.17) is 4.99 Å². The zero-order valence-electron chi connectivity index (χ0n) is 16.4. The predicted octanol–water partition coefficient (Wildman–Crippen LogP) is 1.57. The molecule has 27 heavy (non-hydrogen) atoms. The molecule has 0 spiro atoms. The molecule has 150 valence electrons. The molecular weight excluding hydrogens is 457 g/mol. The van der Waals surface area contributed by atoms with Gasteiger partial charge in [-0.05, 0) is 19.8 Å². The number of aryl methyl sites for hydroxylation is 2. The number of aliphatic imine (C=N–C) groups is 1. The minimum atomic E-state index is 0. The third kappa shape index (κ3) is 5.88. The number of aromatic nitrogens is 6. The Morgan fingerprint density at radius 1 is 1.22 bits per heavy atom. The average Bonchev–Trinajstić information content (AvgIpc) is 3.37. The van der Waals surface area contributed by atoms with Crippen molar-refractivity contribution < 1.29 is 0 Å². The summed E-state index contributed by atoms with van der Waals surface area (Å²) in [4.78, 5) is 4.72. The van der Waals surface area contributed by atoms with E-state index in [1.54, 1.807) is 6.33 Å². The standard InChI is InChI=1S/C17H29N9.HI/c1-4-15-23-20-12-26(15)10-9-18-17(21-14-7-5-6-8-14)19-11-16-24-22-13(2)25(16)3;/h12,14H,4-11H2,1-3H3,(H2,18,19,21);1H. The predicted molar refractivity (Wildman–Crippen MR) is 115 cm³/mol. The lowest BCUT2D eigenvalue weighted by Crippen LogP contribution is -2.43. The Morgan fingerprint density at radius 3 is 2.67 bits per heavy atom. The molecule has 1 aliphatic carbocycles. The highest BCUT2D eigenvalue weighted by atomic mass is 127. The summed E-state index contributed by atoms with van der Waals surface area (Å²) in [5.74, 6) is 3.60. The summed E-state index contributed by atoms with van der Waals surface area (Å²) in [7, 11) is 1.97. The highest BCUT2D eigenvalue weighted by Gasteiger charge is 2.16. The summed E-state index contributed by atoms with van der Waals surface area (Å²) in [5, 5.41) is 23.4. The van der Waals surface area contributed by atoms with Crippen LogP contribution in [0.25, 0.3) is 0 Å². The van der Waals surface area contributed by atoms with Crippen LogP contribution >= 0.6 is 24.0 Å². The van der Waals surface area contributed by atoms with Crippen molar-refractivity contribution >= 4 is 29.9 Å². The number of nitrogens with zero attached hydrogens (tertiary/aromatic N) is 7. The molecule has 0 aromatic carbocycles. The van der Waals surface area contributed by atoms with Crippen molar-refractivity contribution in [3.63, 3.8) is 0 Å². The fourth-order valence-corrected chi connectivity index (χ4v) is 3.19. The molecule has 0 unspecified atom stereocenters. The van der Waals surface area contributed by atoms with Gasteiger partial charge < -0.3 is 19.8 Å². The number of guanidine groups is 1. The van der Waals surface area contributed by atoms with Crippen LogP contribution in [0.5, 0.6) is 0 Å². The van der Waals surface area contributed by atoms with E-state index in [-0.39, 0.29) is 24.0 Å². The Balaban J connectivity index is 0.00000261. The SMILES string of the molecule is CCc1nncn1CCNC(=NCc1nnc(C)n1C)NC1CCCC1.I. The minimum absolute atomic E-state index is 0. The molecule has 2 aromatic rings. The van der Waals surface area contributed by atoms with E-state index in [0.29, 0.717) is 12.6 Å². The van der Waals surface area contributed by atoms with Crippen LogP contribution in [0.4, 0.5) is 0 Å². The Hall–Kier alpha value is -1.72. The quantitative estimate of drug-likeness (QED) is 0.350. The van der Waals surface area contributed by atoms with Gasteiger partial charge in [0.15, 0.2) is 11.8 Å². The second kappa shape index (κ2) is 10.6. The van der Waals surface area contributed by atoms with E-state index in [1.807, 2.05) is 18.5 Å². The smallest absolute Gasteiger partial charge is 0.191 e. The van der Waals surface area contributed by atoms with Crippen LogP contribution in [0.1, 0.15) is 50.1 Å². The third-order valence-corrected chi connectivity index (χ3v) is 4.91. The monoisotopic (exact) mass is 487 g/mol. The highest BCUT2D eigenvalue weighted by molar-refractivity contribution is 14.0. The van der Waals surface area contributed by atoms with Gasteiger partial charge in [-0.15, -0.1) is 44.4 Å². The Morgan fingerprint density at radius 2 is 2.00 bits per heavy atom. The van der Waals surface area contributed by atoms with Crippen LogP contribution in [0.2, 0.25) is 0 Å². The van der Waals surface area contributed by atoms with Crippen molar-refractivity contribution in [1.29, 1.82) is 0 Å². The van der Waals surface area contributed by atoms with Crippen LogP contribution in [0, 0.1) is 6.92 Å². The second-order valence-electron chi connectivity index (χ2n) is 6.73. The van der Waals surface area contributed by atoms with Crippen molar-refractivity contribution in [1.82, 2.24) is 40.2 Å². The molecule has 0 amide bonds. The molecule has 0 saturated heterocycles. The maximum atomic E-state index is 4.72. The van der Waals surface area contributed by atoms with Crippen LogP contribution in [0.15, 0.2) is 11.3 Å². The summed E-state index contributed by atoms with van der Waals surface area (Å²) in [6.45, 7) is 6.12. The van der Waals surface area contributed by atoms with Gasteiger partial charge in [-0.25, -0.2) is 4.99 Å². The first-order valence-electron chi connectivity index (χ1n) is 9.43. The van der Waals surface area contributed by atoms with Gasteiger partial charge in [-0.1, -0.05) is 19.8 Å². The maximum absolute atomic E-state index is 4.72. The van der Waals surface area contributed by atoms with E-state index >= 15 is 0 Å². The first-order valence-corrected chi connectivity index (χ1v) is 9.43. The van der Waals surface area contributed by atoms with Gasteiger partial charge in [0.1, 0.15) is 24.5 Å². The molecule has 0 aliphatic heterocycles. The van der Waals surface area contributed by atoms with Crippen molar-refractivity contribution in [2.45, 2.75) is 65.1 Å². The molecule has 9 nitrogen and oxygen atoms in total. The summed E-state index contributed by atoms with van der Waals surface area (Å²) in [6, 6.07) is 0.503. The van der Waals surface area contributed by atoms with E-state index in [9.17, 15) is 0 Å². The number of hydrogen-bond donors (Lipinski definition) is 2. The normalized spacial score (nSPS) is 15.0. The Labute approximate surface area is 177 Å². The third-order valence-electron chi connectivity index (χ3n) is 4.91. The van der Waals surface area contributed by atoms with Gasteiger partial charge in [0.2, 0.25) is 0 Å². The first kappa shape index (κ1) is 21.6. The van der Waals surface area contributed by atoms with Crippen molar-refractivity contribution in [2.24, 2.45) is 12.0 Å². The molecule has 2 aromatic heterocycles. The zero-order valence-corrected chi connectivity index (χ0v) is 18.7. The molecule has 0 atom stereocenters. The van der Waals surface area contributed by atoms with E-state index < -0.39 is 0 Å². The number of halogens is 1. The van der Waals surface area contributed by atoms with Gasteiger partial charge in [-0.2, -0.15) is 0 Å². The average molecular weight is 487 g/mol. The molecular formula is C17H30IN9. The van der Waals surface area contributed by atoms with E-state index in [0.717, 1.165) is 42.9 Å². The fraction of sp³-hybridized carbons (Fsp3) is 0.706. The van der Waals surface area contributed by atoms with Crippen molar-refractivity contribution in [3.05, 3.63) is 23.8 Å². The number of nitrogens with one attached hydrogen (secondary N) is 2. The molecule has 2 N–H and O–H groups in total. The molecule has 10 heteroatoms. The Kier molecular flexibility index (Phi) is 8.45. The van der Waals surface area contributed by atoms with Crippen molar-refractivity contribution in [3.8, 4) is 0 Å². The lowest BCUT2D eigenvalue weighted by molar-refractivity contribution is 0.591. The molecule has 2 heterocycles. The van der Waals surface area contributed by atoms with E-state index in [1.165, 1.54) is 25.7 Å². The van der Waals surface area contributed by atoms with Crippen LogP contribution in [-0.2, 0) is 26.6 Å². The molecule has 1 fully saturated rings. The fourth-order valence-electron chi connectivity index (χ4n) is 3.19. The lowest BCUT2D eigenvalue weighted by atomic mass is 10.2. The largest absolute Gasteiger partial charge is 0.355 e. The van der Waals surface area contributed by atoms with Gasteiger partial charge in [0.05, 0.1) is 0 Å². The Bertz CT molecular complexity index is 731. The lowest BCUT2D eigenvalue weighted by Gasteiger charge is -2.17. The van der Waals surface area contributed by atoms with Crippen molar-refractivity contribution in [2.75, 3.05) is 6.54 Å². The summed E-state index contributed by atoms with van der Waals surface area (Å²) in [6.07, 6.45) is 7.64. The maximum Gasteiger partial charge on any atom is 0.191 e. The highest BCUT2D eigenvalue weighted by Crippen LogP contribution is 2.17. The molecule has 0 radical (unpaired) electrons. The number of rotatable bonds is 7. The molecule has 1 aliphatic rings. The zero-order chi connectivity index (χ0) is 18.4. The topological polar surface area (TPSA) is 97.8 Å². The van der Waals surface area contributed by atoms with Gasteiger partial charge in [-0.3, -0.25) is 0 Å². The molecule has 0 bridgehead atoms. The van der Waals surface area contributed by atoms with Crippen LogP contribution in [-0.4, -0.2) is 48.1 Å². The van der Waals surface area contributed by atoms with Crippen LogP contribution < -0.4 is 10.6 Å². The molecule has 3 rings (SSSR count).